The van der Waals surface area contributed by atoms with E-state index in [0.29, 0.717) is 35.1 Å². The largest absolute Gasteiger partial charge is 0.505 e. The van der Waals surface area contributed by atoms with Gasteiger partial charge in [0.25, 0.3) is 0 Å². The molecule has 0 amide bonds. The molecule has 0 radical (unpaired) electrons. The second-order valence-electron chi connectivity index (χ2n) is 5.94. The highest BCUT2D eigenvalue weighted by Gasteiger charge is 2.20. The van der Waals surface area contributed by atoms with Gasteiger partial charge in [-0.3, -0.25) is 4.79 Å². The van der Waals surface area contributed by atoms with Gasteiger partial charge < -0.3 is 10.2 Å². The van der Waals surface area contributed by atoms with Crippen molar-refractivity contribution in [3.63, 3.8) is 0 Å². The van der Waals surface area contributed by atoms with Crippen molar-refractivity contribution in [1.29, 1.82) is 0 Å². The van der Waals surface area contributed by atoms with Crippen LogP contribution in [0.3, 0.4) is 0 Å². The average molecular weight is 342 g/mol. The van der Waals surface area contributed by atoms with Crippen LogP contribution in [0.25, 0.3) is 12.2 Å². The Balaban J connectivity index is 1.89. The van der Waals surface area contributed by atoms with E-state index in [1.54, 1.807) is 12.2 Å². The van der Waals surface area contributed by atoms with Gasteiger partial charge in [-0.25, -0.2) is 8.78 Å². The quantitative estimate of drug-likeness (QED) is 0.785. The first-order valence-corrected chi connectivity index (χ1v) is 7.87. The molecule has 0 heterocycles. The predicted molar refractivity (Wildman–Crippen MR) is 90.9 cm³/mol. The van der Waals surface area contributed by atoms with E-state index < -0.39 is 23.1 Å². The molecule has 2 aromatic rings. The number of carbonyl (C=O) groups excluding carboxylic acids is 1. The standard InChI is InChI=1S/C20H16F2O3/c21-16-10-12(4-6-18(16)23)8-14-2-1-3-15(20(14)25)9-13-5-7-19(24)17(22)11-13/h4-11,23-24H,1-3H2. The molecule has 0 aromatic heterocycles. The van der Waals surface area contributed by atoms with Crippen molar-refractivity contribution in [2.75, 3.05) is 0 Å². The summed E-state index contributed by atoms with van der Waals surface area (Å²) < 4.78 is 26.9. The Bertz CT molecular complexity index is 826. The van der Waals surface area contributed by atoms with E-state index in [1.165, 1.54) is 36.4 Å². The molecule has 3 nitrogen and oxygen atoms in total. The van der Waals surface area contributed by atoms with Gasteiger partial charge in [-0.05, 0) is 66.8 Å². The van der Waals surface area contributed by atoms with Crippen LogP contribution in [0.1, 0.15) is 30.4 Å². The number of hydrogen-bond acceptors (Lipinski definition) is 3. The molecule has 0 atom stereocenters. The van der Waals surface area contributed by atoms with Gasteiger partial charge in [0.1, 0.15) is 0 Å². The smallest absolute Gasteiger partial charge is 0.185 e. The molecular weight excluding hydrogens is 326 g/mol. The second kappa shape index (κ2) is 6.89. The molecule has 0 spiro atoms. The van der Waals surface area contributed by atoms with Crippen LogP contribution >= 0.6 is 0 Å². The van der Waals surface area contributed by atoms with Gasteiger partial charge >= 0.3 is 0 Å². The van der Waals surface area contributed by atoms with Gasteiger partial charge in [0, 0.05) is 11.1 Å². The lowest BCUT2D eigenvalue weighted by Crippen LogP contribution is -2.12. The van der Waals surface area contributed by atoms with Crippen molar-refractivity contribution in [2.45, 2.75) is 19.3 Å². The zero-order valence-corrected chi connectivity index (χ0v) is 13.3. The lowest BCUT2D eigenvalue weighted by atomic mass is 9.87. The van der Waals surface area contributed by atoms with Crippen LogP contribution in [0.5, 0.6) is 11.5 Å². The number of ketones is 1. The minimum atomic E-state index is -0.743. The topological polar surface area (TPSA) is 57.5 Å². The molecule has 5 heteroatoms. The molecule has 1 saturated carbocycles. The summed E-state index contributed by atoms with van der Waals surface area (Å²) in [5, 5.41) is 18.5. The Kier molecular flexibility index (Phi) is 4.65. The van der Waals surface area contributed by atoms with E-state index in [-0.39, 0.29) is 5.78 Å². The maximum Gasteiger partial charge on any atom is 0.185 e. The number of rotatable bonds is 2. The minimum Gasteiger partial charge on any atom is -0.505 e. The Hall–Kier alpha value is -2.95. The lowest BCUT2D eigenvalue weighted by Gasteiger charge is -2.16. The van der Waals surface area contributed by atoms with Crippen LogP contribution in [0.15, 0.2) is 47.5 Å². The maximum atomic E-state index is 13.4. The number of hydrogen-bond donors (Lipinski definition) is 2. The summed E-state index contributed by atoms with van der Waals surface area (Å²) in [5.74, 6) is -2.52. The first-order valence-electron chi connectivity index (χ1n) is 7.87. The molecule has 3 rings (SSSR count). The minimum absolute atomic E-state index is 0.159. The maximum absolute atomic E-state index is 13.4. The number of phenols is 2. The Morgan fingerprint density at radius 3 is 1.64 bits per heavy atom. The molecule has 1 fully saturated rings. The number of phenolic OH excluding ortho intramolecular Hbond substituents is 2. The number of aromatic hydroxyl groups is 2. The summed E-state index contributed by atoms with van der Waals surface area (Å²) in [5.41, 5.74) is 2.08. The van der Waals surface area contributed by atoms with E-state index in [4.69, 9.17) is 0 Å². The molecule has 0 bridgehead atoms. The van der Waals surface area contributed by atoms with Crippen molar-refractivity contribution < 1.29 is 23.8 Å². The zero-order valence-electron chi connectivity index (χ0n) is 13.3. The third kappa shape index (κ3) is 3.76. The van der Waals surface area contributed by atoms with Crippen LogP contribution in [0, 0.1) is 11.6 Å². The van der Waals surface area contributed by atoms with E-state index in [0.717, 1.165) is 6.42 Å². The Morgan fingerprint density at radius 2 is 1.24 bits per heavy atom. The highest BCUT2D eigenvalue weighted by molar-refractivity contribution is 6.13. The van der Waals surface area contributed by atoms with Gasteiger partial charge in [0.15, 0.2) is 28.9 Å². The van der Waals surface area contributed by atoms with Crippen molar-refractivity contribution >= 4 is 17.9 Å². The zero-order chi connectivity index (χ0) is 18.0. The summed E-state index contributed by atoms with van der Waals surface area (Å²) >= 11 is 0. The van der Waals surface area contributed by atoms with Crippen LogP contribution in [-0.4, -0.2) is 16.0 Å². The summed E-state index contributed by atoms with van der Waals surface area (Å²) in [6.45, 7) is 0. The first kappa shape index (κ1) is 16.9. The molecule has 0 unspecified atom stereocenters. The van der Waals surface area contributed by atoms with Gasteiger partial charge in [-0.15, -0.1) is 0 Å². The van der Waals surface area contributed by atoms with E-state index in [2.05, 4.69) is 0 Å². The van der Waals surface area contributed by atoms with Crippen molar-refractivity contribution in [2.24, 2.45) is 0 Å². The van der Waals surface area contributed by atoms with Crippen LogP contribution in [0.4, 0.5) is 8.78 Å². The molecule has 1 aliphatic carbocycles. The number of benzene rings is 2. The fourth-order valence-electron chi connectivity index (χ4n) is 2.81. The van der Waals surface area contributed by atoms with Gasteiger partial charge in [0.2, 0.25) is 0 Å². The van der Waals surface area contributed by atoms with Crippen molar-refractivity contribution in [3.8, 4) is 11.5 Å². The molecular formula is C20H16F2O3. The Morgan fingerprint density at radius 1 is 0.800 bits per heavy atom. The number of allylic oxidation sites excluding steroid dienone is 2. The molecule has 2 N–H and O–H groups in total. The van der Waals surface area contributed by atoms with Crippen molar-refractivity contribution in [3.05, 3.63) is 70.3 Å². The highest BCUT2D eigenvalue weighted by Crippen LogP contribution is 2.29. The second-order valence-corrected chi connectivity index (χ2v) is 5.94. The first-order chi connectivity index (χ1) is 11.9. The summed E-state index contributed by atoms with van der Waals surface area (Å²) in [7, 11) is 0. The average Bonchev–Trinajstić information content (AvgIpc) is 2.58. The summed E-state index contributed by atoms with van der Waals surface area (Å²) in [6.07, 6.45) is 5.11. The van der Waals surface area contributed by atoms with Crippen LogP contribution < -0.4 is 0 Å². The van der Waals surface area contributed by atoms with Crippen LogP contribution in [0.2, 0.25) is 0 Å². The molecule has 1 aliphatic rings. The van der Waals surface area contributed by atoms with Crippen LogP contribution in [-0.2, 0) is 4.79 Å². The molecule has 128 valence electrons. The number of halogens is 2. The van der Waals surface area contributed by atoms with Gasteiger partial charge in [-0.2, -0.15) is 0 Å². The summed E-state index contributed by atoms with van der Waals surface area (Å²) in [4.78, 5) is 12.6. The Labute approximate surface area is 143 Å². The predicted octanol–water partition coefficient (Wildman–Crippen LogP) is 4.60. The third-order valence-corrected chi connectivity index (χ3v) is 4.10. The van der Waals surface area contributed by atoms with Gasteiger partial charge in [0.05, 0.1) is 0 Å². The molecule has 0 saturated heterocycles. The van der Waals surface area contributed by atoms with Gasteiger partial charge in [-0.1, -0.05) is 12.1 Å². The highest BCUT2D eigenvalue weighted by atomic mass is 19.1. The molecule has 0 aliphatic heterocycles. The third-order valence-electron chi connectivity index (χ3n) is 4.10. The SMILES string of the molecule is O=C1C(=Cc2ccc(O)c(F)c2)CCCC1=Cc1ccc(O)c(F)c1. The van der Waals surface area contributed by atoms with E-state index >= 15 is 0 Å². The monoisotopic (exact) mass is 342 g/mol. The molecule has 2 aromatic carbocycles. The fraction of sp³-hybridized carbons (Fsp3) is 0.150. The number of Topliss-reactive ketones (excluding diaryl/α,β-unsaturated/α-hetero) is 1. The van der Waals surface area contributed by atoms with E-state index in [1.807, 2.05) is 0 Å². The lowest BCUT2D eigenvalue weighted by molar-refractivity contribution is -0.112. The van der Waals surface area contributed by atoms with E-state index in [9.17, 15) is 23.8 Å². The van der Waals surface area contributed by atoms with Crippen molar-refractivity contribution in [1.82, 2.24) is 0 Å². The normalized spacial score (nSPS) is 18.1. The summed E-state index contributed by atoms with van der Waals surface area (Å²) in [6, 6.07) is 7.89. The molecule has 25 heavy (non-hydrogen) atoms. The number of carbonyl (C=O) groups is 1. The fourth-order valence-corrected chi connectivity index (χ4v) is 2.81.